The number of methoxy groups -OCH3 is 1. The van der Waals surface area contributed by atoms with Crippen LogP contribution in [0.1, 0.15) is 52.4 Å². The van der Waals surface area contributed by atoms with Crippen molar-refractivity contribution in [2.45, 2.75) is 52.4 Å². The summed E-state index contributed by atoms with van der Waals surface area (Å²) in [5.74, 6) is 3.86. The molecule has 2 unspecified atom stereocenters. The van der Waals surface area contributed by atoms with Gasteiger partial charge in [0.05, 0.1) is 12.5 Å². The smallest absolute Gasteiger partial charge is 0.311 e. The van der Waals surface area contributed by atoms with Crippen molar-refractivity contribution in [2.24, 2.45) is 22.7 Å². The van der Waals surface area contributed by atoms with Gasteiger partial charge in [0.2, 0.25) is 0 Å². The van der Waals surface area contributed by atoms with E-state index < -0.39 is 0 Å². The Bertz CT molecular complexity index is 381. The molecule has 18 heavy (non-hydrogen) atoms. The summed E-state index contributed by atoms with van der Waals surface area (Å²) >= 11 is 0. The lowest BCUT2D eigenvalue weighted by atomic mass is 9.51. The van der Waals surface area contributed by atoms with Crippen molar-refractivity contribution >= 4 is 5.97 Å². The molecule has 0 aromatic heterocycles. The Labute approximate surface area is 110 Å². The zero-order valence-electron chi connectivity index (χ0n) is 11.8. The summed E-state index contributed by atoms with van der Waals surface area (Å²) in [6.45, 7) is 4.28. The third-order valence-corrected chi connectivity index (χ3v) is 5.53. The standard InChI is InChI=1S/C16H24O2/c1-5-15(2)10-6-9-13-12(15)8-7-11-16(13,3)14(17)18-4/h1,12-13H,6-11H2,2-4H3/t12?,13?,15-,16-/m1/s1. The second-order valence-electron chi connectivity index (χ2n) is 6.47. The largest absolute Gasteiger partial charge is 0.469 e. The van der Waals surface area contributed by atoms with Crippen LogP contribution in [0.15, 0.2) is 0 Å². The fourth-order valence-electron chi connectivity index (χ4n) is 4.34. The normalized spacial score (nSPS) is 43.7. The Morgan fingerprint density at radius 2 is 1.83 bits per heavy atom. The highest BCUT2D eigenvalue weighted by Gasteiger charge is 2.54. The van der Waals surface area contributed by atoms with E-state index >= 15 is 0 Å². The van der Waals surface area contributed by atoms with Crippen LogP contribution < -0.4 is 0 Å². The number of ether oxygens (including phenoxy) is 1. The lowest BCUT2D eigenvalue weighted by Crippen LogP contribution is -2.50. The second-order valence-corrected chi connectivity index (χ2v) is 6.47. The van der Waals surface area contributed by atoms with Gasteiger partial charge >= 0.3 is 5.97 Å². The Morgan fingerprint density at radius 1 is 1.22 bits per heavy atom. The fraction of sp³-hybridized carbons (Fsp3) is 0.812. The molecule has 0 bridgehead atoms. The van der Waals surface area contributed by atoms with Gasteiger partial charge in [0.25, 0.3) is 0 Å². The van der Waals surface area contributed by atoms with E-state index in [4.69, 9.17) is 11.2 Å². The maximum atomic E-state index is 12.2. The molecule has 0 radical (unpaired) electrons. The van der Waals surface area contributed by atoms with Crippen molar-refractivity contribution in [2.75, 3.05) is 7.11 Å². The molecule has 0 heterocycles. The number of esters is 1. The van der Waals surface area contributed by atoms with E-state index in [9.17, 15) is 4.79 Å². The molecule has 2 aliphatic carbocycles. The number of carbonyl (C=O) groups excluding carboxylic acids is 1. The highest BCUT2D eigenvalue weighted by molar-refractivity contribution is 5.77. The minimum atomic E-state index is -0.323. The zero-order valence-corrected chi connectivity index (χ0v) is 11.8. The number of rotatable bonds is 1. The Balaban J connectivity index is 2.33. The van der Waals surface area contributed by atoms with Gasteiger partial charge in [-0.1, -0.05) is 18.8 Å². The molecule has 2 fully saturated rings. The number of hydrogen-bond acceptors (Lipinski definition) is 2. The van der Waals surface area contributed by atoms with Gasteiger partial charge in [-0.15, -0.1) is 6.42 Å². The van der Waals surface area contributed by atoms with Gasteiger partial charge in [-0.25, -0.2) is 0 Å². The highest BCUT2D eigenvalue weighted by Crippen LogP contribution is 2.57. The SMILES string of the molecule is C#C[C@]1(C)CCCC2C1CCC[C@@]2(C)C(=O)OC. The average Bonchev–Trinajstić information content (AvgIpc) is 2.39. The van der Waals surface area contributed by atoms with Gasteiger partial charge < -0.3 is 4.74 Å². The van der Waals surface area contributed by atoms with E-state index in [1.54, 1.807) is 0 Å². The number of carbonyl (C=O) groups is 1. The molecule has 0 spiro atoms. The molecule has 4 atom stereocenters. The molecular weight excluding hydrogens is 224 g/mol. The molecule has 0 aromatic carbocycles. The summed E-state index contributed by atoms with van der Waals surface area (Å²) in [7, 11) is 1.50. The van der Waals surface area contributed by atoms with Crippen molar-refractivity contribution in [1.82, 2.24) is 0 Å². The molecule has 0 amide bonds. The minimum absolute atomic E-state index is 0.0291. The van der Waals surface area contributed by atoms with Gasteiger partial charge in [0.15, 0.2) is 0 Å². The van der Waals surface area contributed by atoms with Crippen LogP contribution in [-0.2, 0) is 9.53 Å². The molecule has 2 rings (SSSR count). The first-order valence-corrected chi connectivity index (χ1v) is 7.04. The maximum absolute atomic E-state index is 12.2. The van der Waals surface area contributed by atoms with Crippen LogP contribution in [0.3, 0.4) is 0 Å². The van der Waals surface area contributed by atoms with Crippen LogP contribution in [0, 0.1) is 35.0 Å². The third-order valence-electron chi connectivity index (χ3n) is 5.53. The van der Waals surface area contributed by atoms with E-state index in [0.717, 1.165) is 38.5 Å². The molecule has 0 saturated heterocycles. The van der Waals surface area contributed by atoms with Crippen LogP contribution >= 0.6 is 0 Å². The molecular formula is C16H24O2. The van der Waals surface area contributed by atoms with Crippen molar-refractivity contribution in [3.05, 3.63) is 0 Å². The predicted octanol–water partition coefficient (Wildman–Crippen LogP) is 3.41. The molecule has 2 heteroatoms. The third kappa shape index (κ3) is 1.85. The Hall–Kier alpha value is -0.970. The topological polar surface area (TPSA) is 26.3 Å². The van der Waals surface area contributed by atoms with E-state index in [0.29, 0.717) is 11.8 Å². The van der Waals surface area contributed by atoms with Gasteiger partial charge in [0, 0.05) is 5.41 Å². The Kier molecular flexibility index (Phi) is 3.45. The summed E-state index contributed by atoms with van der Waals surface area (Å²) in [6, 6.07) is 0. The van der Waals surface area contributed by atoms with E-state index in [1.807, 2.05) is 0 Å². The van der Waals surface area contributed by atoms with Crippen molar-refractivity contribution in [3.8, 4) is 12.3 Å². The highest BCUT2D eigenvalue weighted by atomic mass is 16.5. The summed E-state index contributed by atoms with van der Waals surface area (Å²) in [5.41, 5.74) is -0.352. The number of hydrogen-bond donors (Lipinski definition) is 0. The number of terminal acetylenes is 1. The average molecular weight is 248 g/mol. The van der Waals surface area contributed by atoms with Crippen molar-refractivity contribution < 1.29 is 9.53 Å². The summed E-state index contributed by atoms with van der Waals surface area (Å²) in [4.78, 5) is 12.2. The fourth-order valence-corrected chi connectivity index (χ4v) is 4.34. The first kappa shape index (κ1) is 13.5. The molecule has 100 valence electrons. The van der Waals surface area contributed by atoms with E-state index in [-0.39, 0.29) is 16.8 Å². The summed E-state index contributed by atoms with van der Waals surface area (Å²) in [5, 5.41) is 0. The molecule has 0 aromatic rings. The lowest BCUT2D eigenvalue weighted by Gasteiger charge is -2.52. The minimum Gasteiger partial charge on any atom is -0.469 e. The Morgan fingerprint density at radius 3 is 2.44 bits per heavy atom. The van der Waals surface area contributed by atoms with Crippen molar-refractivity contribution in [3.63, 3.8) is 0 Å². The summed E-state index contributed by atoms with van der Waals surface area (Å²) < 4.78 is 5.05. The van der Waals surface area contributed by atoms with Gasteiger partial charge in [-0.05, 0) is 51.4 Å². The van der Waals surface area contributed by atoms with Gasteiger partial charge in [-0.3, -0.25) is 4.79 Å². The molecule has 2 saturated carbocycles. The lowest BCUT2D eigenvalue weighted by molar-refractivity contribution is -0.163. The monoisotopic (exact) mass is 248 g/mol. The van der Waals surface area contributed by atoms with Crippen LogP contribution in [0.4, 0.5) is 0 Å². The van der Waals surface area contributed by atoms with E-state index in [1.165, 1.54) is 7.11 Å². The molecule has 2 aliphatic rings. The summed E-state index contributed by atoms with van der Waals surface area (Å²) in [6.07, 6.45) is 12.3. The van der Waals surface area contributed by atoms with Crippen LogP contribution in [0.5, 0.6) is 0 Å². The molecule has 0 aliphatic heterocycles. The molecule has 0 N–H and O–H groups in total. The number of fused-ring (bicyclic) bond motifs is 1. The predicted molar refractivity (Wildman–Crippen MR) is 71.7 cm³/mol. The van der Waals surface area contributed by atoms with E-state index in [2.05, 4.69) is 19.8 Å². The van der Waals surface area contributed by atoms with Gasteiger partial charge in [-0.2, -0.15) is 0 Å². The van der Waals surface area contributed by atoms with Crippen LogP contribution in [0.25, 0.3) is 0 Å². The zero-order chi connectivity index (χ0) is 13.4. The maximum Gasteiger partial charge on any atom is 0.311 e. The van der Waals surface area contributed by atoms with Gasteiger partial charge in [0.1, 0.15) is 0 Å². The first-order chi connectivity index (χ1) is 8.48. The first-order valence-electron chi connectivity index (χ1n) is 7.04. The quantitative estimate of drug-likeness (QED) is 0.525. The van der Waals surface area contributed by atoms with Crippen molar-refractivity contribution in [1.29, 1.82) is 0 Å². The van der Waals surface area contributed by atoms with Crippen LogP contribution in [-0.4, -0.2) is 13.1 Å². The van der Waals surface area contributed by atoms with Crippen LogP contribution in [0.2, 0.25) is 0 Å². The second kappa shape index (κ2) is 4.61. The molecule has 2 nitrogen and oxygen atoms in total.